The molecule has 2 aromatic rings. The van der Waals surface area contributed by atoms with E-state index in [0.717, 1.165) is 6.54 Å². The Hall–Kier alpha value is -0.870. The third kappa shape index (κ3) is 2.69. The van der Waals surface area contributed by atoms with Crippen molar-refractivity contribution in [2.75, 3.05) is 6.54 Å². The van der Waals surface area contributed by atoms with E-state index in [-0.39, 0.29) is 0 Å². The lowest BCUT2D eigenvalue weighted by Crippen LogP contribution is -1.98. The van der Waals surface area contributed by atoms with E-state index in [1.807, 2.05) is 0 Å². The summed E-state index contributed by atoms with van der Waals surface area (Å²) in [5.74, 6) is 0. The minimum Gasteiger partial charge on any atom is -0.289 e. The van der Waals surface area contributed by atoms with E-state index >= 15 is 0 Å². The maximum atomic E-state index is 2.50. The van der Waals surface area contributed by atoms with Crippen molar-refractivity contribution >= 4 is 22.6 Å². The third-order valence-corrected chi connectivity index (χ3v) is 3.92. The van der Waals surface area contributed by atoms with Crippen LogP contribution in [0.25, 0.3) is 0 Å². The lowest BCUT2D eigenvalue weighted by Gasteiger charge is -2.04. The Balaban J connectivity index is 1.65. The van der Waals surface area contributed by atoms with Crippen molar-refractivity contribution in [3.63, 3.8) is 0 Å². The molecular formula is C15H14IN. The lowest BCUT2D eigenvalue weighted by atomic mass is 10.1. The van der Waals surface area contributed by atoms with Gasteiger partial charge in [0.15, 0.2) is 0 Å². The van der Waals surface area contributed by atoms with Crippen molar-refractivity contribution in [3.05, 3.63) is 69.3 Å². The van der Waals surface area contributed by atoms with Crippen LogP contribution in [0.2, 0.25) is 0 Å². The van der Waals surface area contributed by atoms with Gasteiger partial charge >= 0.3 is 0 Å². The SMILES string of the molecule is Ic1ccc(C2CN2Cc2ccccc2)cc1. The van der Waals surface area contributed by atoms with Crippen molar-refractivity contribution in [1.29, 1.82) is 0 Å². The Morgan fingerprint density at radius 2 is 1.71 bits per heavy atom. The lowest BCUT2D eigenvalue weighted by molar-refractivity contribution is 0.509. The van der Waals surface area contributed by atoms with E-state index in [1.54, 1.807) is 0 Å². The number of hydrogen-bond donors (Lipinski definition) is 0. The molecule has 1 nitrogen and oxygen atoms in total. The molecule has 2 heteroatoms. The van der Waals surface area contributed by atoms with Crippen molar-refractivity contribution in [1.82, 2.24) is 4.90 Å². The standard InChI is InChI=1S/C15H14IN/c16-14-8-6-13(7-9-14)15-11-17(15)10-12-4-2-1-3-5-12/h1-9,15H,10-11H2. The summed E-state index contributed by atoms with van der Waals surface area (Å²) in [5, 5.41) is 0. The van der Waals surface area contributed by atoms with Crippen LogP contribution in [0.3, 0.4) is 0 Å². The number of benzene rings is 2. The molecule has 0 radical (unpaired) electrons. The van der Waals surface area contributed by atoms with Gasteiger partial charge in [0.25, 0.3) is 0 Å². The van der Waals surface area contributed by atoms with Crippen LogP contribution < -0.4 is 0 Å². The second kappa shape index (κ2) is 4.78. The molecular weight excluding hydrogens is 321 g/mol. The Morgan fingerprint density at radius 3 is 2.41 bits per heavy atom. The van der Waals surface area contributed by atoms with Crippen molar-refractivity contribution < 1.29 is 0 Å². The van der Waals surface area contributed by atoms with Crippen LogP contribution >= 0.6 is 22.6 Å². The molecule has 2 atom stereocenters. The average Bonchev–Trinajstić information content (AvgIpc) is 3.11. The molecule has 3 rings (SSSR count). The van der Waals surface area contributed by atoms with Gasteiger partial charge in [-0.15, -0.1) is 0 Å². The van der Waals surface area contributed by atoms with E-state index in [9.17, 15) is 0 Å². The first-order valence-corrected chi connectivity index (χ1v) is 6.94. The van der Waals surface area contributed by atoms with Crippen LogP contribution in [-0.2, 0) is 6.54 Å². The van der Waals surface area contributed by atoms with Crippen LogP contribution in [0.4, 0.5) is 0 Å². The Morgan fingerprint density at radius 1 is 1.00 bits per heavy atom. The van der Waals surface area contributed by atoms with Gasteiger partial charge in [-0.3, -0.25) is 4.90 Å². The quantitative estimate of drug-likeness (QED) is 0.608. The molecule has 17 heavy (non-hydrogen) atoms. The van der Waals surface area contributed by atoms with Crippen molar-refractivity contribution in [2.45, 2.75) is 12.6 Å². The minimum absolute atomic E-state index is 0.632. The fourth-order valence-corrected chi connectivity index (χ4v) is 2.53. The Bertz CT molecular complexity index is 492. The van der Waals surface area contributed by atoms with Gasteiger partial charge in [0.2, 0.25) is 0 Å². The molecule has 1 fully saturated rings. The predicted molar refractivity (Wildman–Crippen MR) is 78.8 cm³/mol. The molecule has 1 aliphatic heterocycles. The maximum Gasteiger partial charge on any atom is 0.0479 e. The first-order chi connectivity index (χ1) is 8.33. The topological polar surface area (TPSA) is 3.01 Å². The molecule has 1 heterocycles. The first kappa shape index (κ1) is 11.2. The highest BCUT2D eigenvalue weighted by Gasteiger charge is 2.34. The summed E-state index contributed by atoms with van der Waals surface area (Å²) in [6.07, 6.45) is 0. The second-order valence-corrected chi connectivity index (χ2v) is 5.73. The average molecular weight is 335 g/mol. The summed E-state index contributed by atoms with van der Waals surface area (Å²) < 4.78 is 1.31. The zero-order valence-corrected chi connectivity index (χ0v) is 11.7. The number of rotatable bonds is 3. The van der Waals surface area contributed by atoms with Crippen LogP contribution in [0.15, 0.2) is 54.6 Å². The molecule has 0 bridgehead atoms. The van der Waals surface area contributed by atoms with Crippen LogP contribution in [-0.4, -0.2) is 11.4 Å². The van der Waals surface area contributed by atoms with Gasteiger partial charge in [-0.25, -0.2) is 0 Å². The Kier molecular flexibility index (Phi) is 3.16. The molecule has 0 N–H and O–H groups in total. The molecule has 0 saturated carbocycles. The van der Waals surface area contributed by atoms with Gasteiger partial charge in [-0.2, -0.15) is 0 Å². The molecule has 0 amide bonds. The van der Waals surface area contributed by atoms with E-state index in [1.165, 1.54) is 21.2 Å². The Labute approximate surface area is 116 Å². The fourth-order valence-electron chi connectivity index (χ4n) is 2.17. The van der Waals surface area contributed by atoms with E-state index in [0.29, 0.717) is 6.04 Å². The highest BCUT2D eigenvalue weighted by molar-refractivity contribution is 14.1. The number of nitrogens with zero attached hydrogens (tertiary/aromatic N) is 1. The van der Waals surface area contributed by atoms with Gasteiger partial charge in [-0.05, 0) is 45.9 Å². The molecule has 1 saturated heterocycles. The molecule has 0 spiro atoms. The highest BCUT2D eigenvalue weighted by Crippen LogP contribution is 2.36. The fraction of sp³-hybridized carbons (Fsp3) is 0.200. The summed E-state index contributed by atoms with van der Waals surface area (Å²) in [4.78, 5) is 2.50. The second-order valence-electron chi connectivity index (χ2n) is 4.48. The van der Waals surface area contributed by atoms with Crippen molar-refractivity contribution in [3.8, 4) is 0 Å². The molecule has 2 unspecified atom stereocenters. The van der Waals surface area contributed by atoms with Gasteiger partial charge in [0, 0.05) is 22.7 Å². The normalized spacial score (nSPS) is 22.4. The molecule has 1 aliphatic rings. The van der Waals surface area contributed by atoms with Crippen molar-refractivity contribution in [2.24, 2.45) is 0 Å². The number of halogens is 1. The molecule has 86 valence electrons. The summed E-state index contributed by atoms with van der Waals surface area (Å²) in [6, 6.07) is 20.2. The highest BCUT2D eigenvalue weighted by atomic mass is 127. The van der Waals surface area contributed by atoms with Crippen LogP contribution in [0, 0.1) is 3.57 Å². The van der Waals surface area contributed by atoms with Gasteiger partial charge < -0.3 is 0 Å². The minimum atomic E-state index is 0.632. The number of hydrogen-bond acceptors (Lipinski definition) is 1. The van der Waals surface area contributed by atoms with Gasteiger partial charge in [-0.1, -0.05) is 42.5 Å². The maximum absolute atomic E-state index is 2.50. The zero-order valence-electron chi connectivity index (χ0n) is 9.51. The zero-order chi connectivity index (χ0) is 11.7. The van der Waals surface area contributed by atoms with Gasteiger partial charge in [0.05, 0.1) is 0 Å². The molecule has 2 aromatic carbocycles. The largest absolute Gasteiger partial charge is 0.289 e. The van der Waals surface area contributed by atoms with E-state index in [2.05, 4.69) is 82.1 Å². The third-order valence-electron chi connectivity index (χ3n) is 3.20. The summed E-state index contributed by atoms with van der Waals surface area (Å²) in [7, 11) is 0. The van der Waals surface area contributed by atoms with E-state index in [4.69, 9.17) is 0 Å². The van der Waals surface area contributed by atoms with Gasteiger partial charge in [0.1, 0.15) is 0 Å². The monoisotopic (exact) mass is 335 g/mol. The summed E-state index contributed by atoms with van der Waals surface area (Å²) in [5.41, 5.74) is 2.85. The van der Waals surface area contributed by atoms with Crippen LogP contribution in [0.1, 0.15) is 17.2 Å². The summed E-state index contributed by atoms with van der Waals surface area (Å²) in [6.45, 7) is 2.26. The first-order valence-electron chi connectivity index (χ1n) is 5.86. The molecule has 0 aromatic heterocycles. The van der Waals surface area contributed by atoms with Crippen LogP contribution in [0.5, 0.6) is 0 Å². The molecule has 0 aliphatic carbocycles. The van der Waals surface area contributed by atoms with E-state index < -0.39 is 0 Å². The summed E-state index contributed by atoms with van der Waals surface area (Å²) >= 11 is 2.35. The smallest absolute Gasteiger partial charge is 0.0479 e. The predicted octanol–water partition coefficient (Wildman–Crippen LogP) is 3.85.